The molecular formula is C15H10N4O2S2. The number of nitrogens with zero attached hydrogens (tertiary/aromatic N) is 4. The summed E-state index contributed by atoms with van der Waals surface area (Å²) in [5, 5.41) is 9.56. The normalized spacial score (nSPS) is 14.6. The fourth-order valence-electron chi connectivity index (χ4n) is 2.28. The SMILES string of the molecule is c1ccc2oc(-c3nnc(Sc4nc(C5CC5)ns4)o3)cc2c1. The van der Waals surface area contributed by atoms with Crippen molar-refractivity contribution in [3.63, 3.8) is 0 Å². The molecule has 23 heavy (non-hydrogen) atoms. The monoisotopic (exact) mass is 342 g/mol. The molecule has 0 atom stereocenters. The Balaban J connectivity index is 1.40. The van der Waals surface area contributed by atoms with Gasteiger partial charge in [0.1, 0.15) is 11.4 Å². The number of hydrogen-bond donors (Lipinski definition) is 0. The van der Waals surface area contributed by atoms with E-state index in [1.807, 2.05) is 30.3 Å². The third-order valence-corrected chi connectivity index (χ3v) is 5.19. The minimum atomic E-state index is 0.371. The van der Waals surface area contributed by atoms with Crippen LogP contribution in [0, 0.1) is 0 Å². The van der Waals surface area contributed by atoms with E-state index in [1.54, 1.807) is 0 Å². The molecule has 1 saturated carbocycles. The van der Waals surface area contributed by atoms with Gasteiger partial charge in [0.05, 0.1) is 0 Å². The molecule has 0 unspecified atom stereocenters. The van der Waals surface area contributed by atoms with Crippen molar-refractivity contribution in [1.29, 1.82) is 0 Å². The van der Waals surface area contributed by atoms with Gasteiger partial charge in [-0.15, -0.1) is 10.2 Å². The summed E-state index contributed by atoms with van der Waals surface area (Å²) in [5.74, 6) is 2.43. The lowest BCUT2D eigenvalue weighted by atomic mass is 10.2. The molecule has 1 aromatic carbocycles. The number of fused-ring (bicyclic) bond motifs is 1. The highest BCUT2D eigenvalue weighted by molar-refractivity contribution is 8.00. The van der Waals surface area contributed by atoms with Crippen LogP contribution in [0.4, 0.5) is 0 Å². The second-order valence-electron chi connectivity index (χ2n) is 5.32. The second-order valence-corrected chi connectivity index (χ2v) is 7.27. The molecule has 5 rings (SSSR count). The lowest BCUT2D eigenvalue weighted by molar-refractivity contribution is 0.451. The van der Waals surface area contributed by atoms with Crippen LogP contribution >= 0.6 is 23.3 Å². The Bertz CT molecular complexity index is 953. The van der Waals surface area contributed by atoms with Crippen LogP contribution in [-0.4, -0.2) is 19.6 Å². The molecule has 114 valence electrons. The van der Waals surface area contributed by atoms with Crippen molar-refractivity contribution >= 4 is 34.3 Å². The highest BCUT2D eigenvalue weighted by Gasteiger charge is 2.28. The minimum absolute atomic E-state index is 0.371. The molecule has 3 heterocycles. The molecule has 0 N–H and O–H groups in total. The van der Waals surface area contributed by atoms with Crippen molar-refractivity contribution in [2.24, 2.45) is 0 Å². The van der Waals surface area contributed by atoms with E-state index in [2.05, 4.69) is 19.6 Å². The number of hydrogen-bond acceptors (Lipinski definition) is 8. The van der Waals surface area contributed by atoms with Crippen molar-refractivity contribution in [3.8, 4) is 11.7 Å². The molecule has 1 aliphatic rings. The largest absolute Gasteiger partial charge is 0.451 e. The summed E-state index contributed by atoms with van der Waals surface area (Å²) in [5.41, 5.74) is 0.799. The Labute approximate surface area is 139 Å². The van der Waals surface area contributed by atoms with Gasteiger partial charge >= 0.3 is 0 Å². The van der Waals surface area contributed by atoms with E-state index in [9.17, 15) is 0 Å². The number of furan rings is 1. The Morgan fingerprint density at radius 2 is 2.04 bits per heavy atom. The van der Waals surface area contributed by atoms with E-state index in [0.717, 1.165) is 21.1 Å². The summed E-state index contributed by atoms with van der Waals surface area (Å²) in [6, 6.07) is 9.68. The van der Waals surface area contributed by atoms with Crippen LogP contribution in [0.5, 0.6) is 0 Å². The number of rotatable bonds is 4. The smallest absolute Gasteiger partial charge is 0.284 e. The van der Waals surface area contributed by atoms with Crippen molar-refractivity contribution in [2.45, 2.75) is 28.3 Å². The van der Waals surface area contributed by atoms with Gasteiger partial charge in [-0.2, -0.15) is 4.37 Å². The molecule has 8 heteroatoms. The molecule has 6 nitrogen and oxygen atoms in total. The van der Waals surface area contributed by atoms with Gasteiger partial charge in [0.2, 0.25) is 0 Å². The van der Waals surface area contributed by atoms with Gasteiger partial charge in [-0.05, 0) is 36.5 Å². The van der Waals surface area contributed by atoms with E-state index < -0.39 is 0 Å². The van der Waals surface area contributed by atoms with E-state index >= 15 is 0 Å². The van der Waals surface area contributed by atoms with Crippen molar-refractivity contribution in [1.82, 2.24) is 19.6 Å². The maximum Gasteiger partial charge on any atom is 0.284 e. The molecule has 0 bridgehead atoms. The summed E-state index contributed by atoms with van der Waals surface area (Å²) in [4.78, 5) is 4.50. The topological polar surface area (TPSA) is 77.8 Å². The molecule has 3 aromatic heterocycles. The van der Waals surface area contributed by atoms with Crippen LogP contribution in [-0.2, 0) is 0 Å². The average molecular weight is 342 g/mol. The van der Waals surface area contributed by atoms with E-state index in [4.69, 9.17) is 8.83 Å². The van der Waals surface area contributed by atoms with Gasteiger partial charge in [0.15, 0.2) is 10.1 Å². The van der Waals surface area contributed by atoms with Crippen LogP contribution in [0.3, 0.4) is 0 Å². The maximum absolute atomic E-state index is 5.73. The molecule has 0 aliphatic heterocycles. The van der Waals surface area contributed by atoms with Crippen LogP contribution in [0.15, 0.2) is 48.7 Å². The highest BCUT2D eigenvalue weighted by Crippen LogP contribution is 2.40. The van der Waals surface area contributed by atoms with Crippen molar-refractivity contribution in [2.75, 3.05) is 0 Å². The number of para-hydroxylation sites is 1. The molecular weight excluding hydrogens is 332 g/mol. The zero-order chi connectivity index (χ0) is 15.2. The standard InChI is InChI=1S/C15H10N4O2S2/c1-2-4-10-9(3-1)7-11(20-10)13-17-18-14(21-13)22-15-16-12(19-23-15)8-5-6-8/h1-4,7-8H,5-6H2. The molecule has 0 spiro atoms. The lowest BCUT2D eigenvalue weighted by Gasteiger charge is -1.88. The first-order chi connectivity index (χ1) is 11.3. The molecule has 1 aliphatic carbocycles. The summed E-state index contributed by atoms with van der Waals surface area (Å²) in [6.07, 6.45) is 2.38. The van der Waals surface area contributed by atoms with Gasteiger partial charge in [0.25, 0.3) is 11.1 Å². The van der Waals surface area contributed by atoms with Gasteiger partial charge in [-0.1, -0.05) is 18.2 Å². The van der Waals surface area contributed by atoms with Gasteiger partial charge < -0.3 is 8.83 Å². The van der Waals surface area contributed by atoms with Crippen molar-refractivity contribution in [3.05, 3.63) is 36.2 Å². The van der Waals surface area contributed by atoms with E-state index in [1.165, 1.54) is 36.1 Å². The fourth-order valence-corrected chi connectivity index (χ4v) is 3.74. The van der Waals surface area contributed by atoms with E-state index in [-0.39, 0.29) is 0 Å². The zero-order valence-electron chi connectivity index (χ0n) is 11.8. The van der Waals surface area contributed by atoms with E-state index in [0.29, 0.717) is 22.8 Å². The fraction of sp³-hybridized carbons (Fsp3) is 0.200. The third-order valence-electron chi connectivity index (χ3n) is 3.58. The maximum atomic E-state index is 5.73. The first-order valence-electron chi connectivity index (χ1n) is 7.19. The average Bonchev–Trinajstić information content (AvgIpc) is 3.00. The Hall–Kier alpha value is -2.19. The number of aromatic nitrogens is 4. The highest BCUT2D eigenvalue weighted by atomic mass is 32.2. The van der Waals surface area contributed by atoms with Gasteiger partial charge in [-0.3, -0.25) is 0 Å². The predicted octanol–water partition coefficient (Wildman–Crippen LogP) is 4.36. The summed E-state index contributed by atoms with van der Waals surface area (Å²) < 4.78 is 16.6. The van der Waals surface area contributed by atoms with Crippen LogP contribution < -0.4 is 0 Å². The Morgan fingerprint density at radius 3 is 2.91 bits per heavy atom. The molecule has 1 fully saturated rings. The van der Waals surface area contributed by atoms with Crippen LogP contribution in [0.2, 0.25) is 0 Å². The van der Waals surface area contributed by atoms with Gasteiger partial charge in [0, 0.05) is 23.1 Å². The predicted molar refractivity (Wildman–Crippen MR) is 85.5 cm³/mol. The Kier molecular flexibility index (Phi) is 2.98. The van der Waals surface area contributed by atoms with Gasteiger partial charge in [-0.25, -0.2) is 4.98 Å². The molecule has 0 radical (unpaired) electrons. The summed E-state index contributed by atoms with van der Waals surface area (Å²) in [7, 11) is 0. The second kappa shape index (κ2) is 5.17. The Morgan fingerprint density at radius 1 is 1.13 bits per heavy atom. The van der Waals surface area contributed by atoms with Crippen LogP contribution in [0.25, 0.3) is 22.6 Å². The lowest BCUT2D eigenvalue weighted by Crippen LogP contribution is -1.80. The number of benzene rings is 1. The summed E-state index contributed by atoms with van der Waals surface area (Å²) in [6.45, 7) is 0. The first kappa shape index (κ1) is 13.3. The third kappa shape index (κ3) is 2.53. The minimum Gasteiger partial charge on any atom is -0.451 e. The summed E-state index contributed by atoms with van der Waals surface area (Å²) >= 11 is 2.71. The zero-order valence-corrected chi connectivity index (χ0v) is 13.4. The van der Waals surface area contributed by atoms with Crippen molar-refractivity contribution < 1.29 is 8.83 Å². The molecule has 0 saturated heterocycles. The first-order valence-corrected chi connectivity index (χ1v) is 8.78. The quantitative estimate of drug-likeness (QED) is 0.545. The molecule has 0 amide bonds. The van der Waals surface area contributed by atoms with Crippen LogP contribution in [0.1, 0.15) is 24.6 Å². The molecule has 4 aromatic rings.